The predicted molar refractivity (Wildman–Crippen MR) is 54.3 cm³/mol. The minimum Gasteiger partial charge on any atom is -0.468 e. The van der Waals surface area contributed by atoms with E-state index in [-0.39, 0.29) is 17.2 Å². The molecule has 0 aromatic rings. The summed E-state index contributed by atoms with van der Waals surface area (Å²) in [6.45, 7) is 1.68. The van der Waals surface area contributed by atoms with Gasteiger partial charge in [0.15, 0.2) is 0 Å². The Morgan fingerprint density at radius 2 is 2.33 bits per heavy atom. The fraction of sp³-hybridized carbons (Fsp3) is 0.818. The third kappa shape index (κ3) is 1.67. The van der Waals surface area contributed by atoms with Gasteiger partial charge in [-0.05, 0) is 25.8 Å². The van der Waals surface area contributed by atoms with Crippen LogP contribution in [0.25, 0.3) is 0 Å². The van der Waals surface area contributed by atoms with Crippen LogP contribution in [0.15, 0.2) is 0 Å². The second kappa shape index (κ2) is 3.93. The van der Waals surface area contributed by atoms with E-state index in [4.69, 9.17) is 4.74 Å². The Labute approximate surface area is 89.4 Å². The molecule has 1 saturated carbocycles. The van der Waals surface area contributed by atoms with Crippen molar-refractivity contribution in [3.63, 3.8) is 0 Å². The molecule has 1 aliphatic heterocycles. The summed E-state index contributed by atoms with van der Waals surface area (Å²) in [5.74, 6) is -0.800. The standard InChI is InChI=1S/C11H17NO3/c1-15-10(14)9-8(13)3-2-4-11(9)5-6-12-7-11/h9,12H,2-7H2,1H3. The van der Waals surface area contributed by atoms with Crippen LogP contribution in [-0.2, 0) is 14.3 Å². The maximum atomic E-state index is 11.8. The number of esters is 1. The number of ether oxygens (including phenoxy) is 1. The largest absolute Gasteiger partial charge is 0.468 e. The molecule has 1 heterocycles. The summed E-state index contributed by atoms with van der Waals surface area (Å²) in [4.78, 5) is 23.5. The van der Waals surface area contributed by atoms with Crippen LogP contribution in [0.2, 0.25) is 0 Å². The van der Waals surface area contributed by atoms with Gasteiger partial charge in [0.1, 0.15) is 11.7 Å². The van der Waals surface area contributed by atoms with Gasteiger partial charge in [0.25, 0.3) is 0 Å². The van der Waals surface area contributed by atoms with Crippen molar-refractivity contribution in [2.75, 3.05) is 20.2 Å². The summed E-state index contributed by atoms with van der Waals surface area (Å²) in [5, 5.41) is 3.25. The van der Waals surface area contributed by atoms with Crippen LogP contribution in [-0.4, -0.2) is 32.0 Å². The third-order valence-corrected chi connectivity index (χ3v) is 3.75. The molecule has 1 spiro atoms. The van der Waals surface area contributed by atoms with E-state index in [9.17, 15) is 9.59 Å². The van der Waals surface area contributed by atoms with Gasteiger partial charge < -0.3 is 10.1 Å². The van der Waals surface area contributed by atoms with Crippen molar-refractivity contribution < 1.29 is 14.3 Å². The van der Waals surface area contributed by atoms with Crippen molar-refractivity contribution in [3.8, 4) is 0 Å². The third-order valence-electron chi connectivity index (χ3n) is 3.75. The van der Waals surface area contributed by atoms with Crippen LogP contribution in [0.3, 0.4) is 0 Å². The summed E-state index contributed by atoms with van der Waals surface area (Å²) in [7, 11) is 1.36. The first kappa shape index (κ1) is 10.6. The zero-order valence-corrected chi connectivity index (χ0v) is 9.04. The average Bonchev–Trinajstić information content (AvgIpc) is 2.66. The Bertz CT molecular complexity index is 274. The number of ketones is 1. The second-order valence-electron chi connectivity index (χ2n) is 4.57. The van der Waals surface area contributed by atoms with E-state index in [1.54, 1.807) is 0 Å². The molecule has 1 N–H and O–H groups in total. The minimum atomic E-state index is -0.522. The number of carbonyl (C=O) groups is 2. The average molecular weight is 211 g/mol. The number of methoxy groups -OCH3 is 1. The van der Waals surface area contributed by atoms with Crippen molar-refractivity contribution in [1.29, 1.82) is 0 Å². The Morgan fingerprint density at radius 1 is 1.53 bits per heavy atom. The maximum Gasteiger partial charge on any atom is 0.316 e. The van der Waals surface area contributed by atoms with Gasteiger partial charge in [0.05, 0.1) is 7.11 Å². The molecule has 2 unspecified atom stereocenters. The van der Waals surface area contributed by atoms with E-state index in [1.807, 2.05) is 0 Å². The molecule has 2 rings (SSSR count). The van der Waals surface area contributed by atoms with E-state index in [2.05, 4.69) is 5.32 Å². The van der Waals surface area contributed by atoms with Gasteiger partial charge in [-0.25, -0.2) is 0 Å². The fourth-order valence-electron chi connectivity index (χ4n) is 2.97. The normalized spacial score (nSPS) is 35.8. The lowest BCUT2D eigenvalue weighted by molar-refractivity contribution is -0.157. The van der Waals surface area contributed by atoms with E-state index in [1.165, 1.54) is 7.11 Å². The highest BCUT2D eigenvalue weighted by molar-refractivity contribution is 6.00. The number of Topliss-reactive ketones (excluding diaryl/α,β-unsaturated/α-hetero) is 1. The SMILES string of the molecule is COC(=O)C1C(=O)CCCC12CCNC2. The Balaban J connectivity index is 2.26. The summed E-state index contributed by atoms with van der Waals surface area (Å²) in [6, 6.07) is 0. The van der Waals surface area contributed by atoms with E-state index >= 15 is 0 Å². The maximum absolute atomic E-state index is 11.8. The number of hydrogen-bond acceptors (Lipinski definition) is 4. The van der Waals surface area contributed by atoms with Gasteiger partial charge in [-0.15, -0.1) is 0 Å². The summed E-state index contributed by atoms with van der Waals surface area (Å²) >= 11 is 0. The Morgan fingerprint density at radius 3 is 2.93 bits per heavy atom. The molecule has 0 aromatic carbocycles. The van der Waals surface area contributed by atoms with Gasteiger partial charge in [0.2, 0.25) is 0 Å². The number of hydrogen-bond donors (Lipinski definition) is 1. The van der Waals surface area contributed by atoms with Crippen molar-refractivity contribution in [2.24, 2.45) is 11.3 Å². The quantitative estimate of drug-likeness (QED) is 0.507. The molecule has 15 heavy (non-hydrogen) atoms. The van der Waals surface area contributed by atoms with Gasteiger partial charge in [0, 0.05) is 18.4 Å². The van der Waals surface area contributed by atoms with Crippen LogP contribution in [0, 0.1) is 11.3 Å². The smallest absolute Gasteiger partial charge is 0.316 e. The monoisotopic (exact) mass is 211 g/mol. The molecule has 0 radical (unpaired) electrons. The first-order valence-corrected chi connectivity index (χ1v) is 5.51. The first-order chi connectivity index (χ1) is 7.19. The molecule has 2 atom stereocenters. The summed E-state index contributed by atoms with van der Waals surface area (Å²) < 4.78 is 4.76. The highest BCUT2D eigenvalue weighted by atomic mass is 16.5. The Kier molecular flexibility index (Phi) is 2.78. The fourth-order valence-corrected chi connectivity index (χ4v) is 2.97. The Hall–Kier alpha value is -0.900. The van der Waals surface area contributed by atoms with E-state index < -0.39 is 5.92 Å². The molecule has 84 valence electrons. The van der Waals surface area contributed by atoms with Gasteiger partial charge in [-0.1, -0.05) is 0 Å². The van der Waals surface area contributed by atoms with E-state index in [0.29, 0.717) is 6.42 Å². The zero-order chi connectivity index (χ0) is 10.9. The molecule has 4 nitrogen and oxygen atoms in total. The molecule has 0 amide bonds. The van der Waals surface area contributed by atoms with Crippen LogP contribution in [0.1, 0.15) is 25.7 Å². The molecule has 4 heteroatoms. The molecule has 0 bridgehead atoms. The molecular weight excluding hydrogens is 194 g/mol. The van der Waals surface area contributed by atoms with Crippen molar-refractivity contribution >= 4 is 11.8 Å². The lowest BCUT2D eigenvalue weighted by Crippen LogP contribution is -2.46. The van der Waals surface area contributed by atoms with Gasteiger partial charge in [-0.2, -0.15) is 0 Å². The second-order valence-corrected chi connectivity index (χ2v) is 4.57. The highest BCUT2D eigenvalue weighted by Gasteiger charge is 2.51. The predicted octanol–water partition coefficient (Wildman–Crippen LogP) is 0.508. The summed E-state index contributed by atoms with van der Waals surface area (Å²) in [5.41, 5.74) is -0.150. The zero-order valence-electron chi connectivity index (χ0n) is 9.04. The van der Waals surface area contributed by atoms with Crippen LogP contribution < -0.4 is 5.32 Å². The summed E-state index contributed by atoms with van der Waals surface area (Å²) in [6.07, 6.45) is 3.32. The molecule has 2 aliphatic rings. The van der Waals surface area contributed by atoms with Crippen molar-refractivity contribution in [2.45, 2.75) is 25.7 Å². The van der Waals surface area contributed by atoms with Crippen molar-refractivity contribution in [1.82, 2.24) is 5.32 Å². The number of nitrogens with one attached hydrogen (secondary N) is 1. The lowest BCUT2D eigenvalue weighted by atomic mass is 9.65. The molecular formula is C11H17NO3. The number of carbonyl (C=O) groups excluding carboxylic acids is 2. The van der Waals surface area contributed by atoms with Gasteiger partial charge in [-0.3, -0.25) is 9.59 Å². The van der Waals surface area contributed by atoms with E-state index in [0.717, 1.165) is 32.4 Å². The minimum absolute atomic E-state index is 0.0665. The molecule has 1 aliphatic carbocycles. The first-order valence-electron chi connectivity index (χ1n) is 5.51. The van der Waals surface area contributed by atoms with Crippen molar-refractivity contribution in [3.05, 3.63) is 0 Å². The van der Waals surface area contributed by atoms with Crippen LogP contribution in [0.4, 0.5) is 0 Å². The molecule has 0 aromatic heterocycles. The van der Waals surface area contributed by atoms with Crippen LogP contribution >= 0.6 is 0 Å². The molecule has 2 fully saturated rings. The number of rotatable bonds is 1. The van der Waals surface area contributed by atoms with Gasteiger partial charge >= 0.3 is 5.97 Å². The lowest BCUT2D eigenvalue weighted by Gasteiger charge is -2.37. The molecule has 1 saturated heterocycles. The highest BCUT2D eigenvalue weighted by Crippen LogP contribution is 2.44. The topological polar surface area (TPSA) is 55.4 Å². The van der Waals surface area contributed by atoms with Crippen LogP contribution in [0.5, 0.6) is 0 Å².